The van der Waals surface area contributed by atoms with Crippen molar-refractivity contribution in [3.63, 3.8) is 0 Å². The summed E-state index contributed by atoms with van der Waals surface area (Å²) in [6.07, 6.45) is 5.55. The lowest BCUT2D eigenvalue weighted by molar-refractivity contribution is 0.390. The van der Waals surface area contributed by atoms with E-state index in [0.717, 1.165) is 22.4 Å². The molecule has 3 aromatic rings. The van der Waals surface area contributed by atoms with Crippen LogP contribution in [-0.2, 0) is 6.54 Å². The summed E-state index contributed by atoms with van der Waals surface area (Å²) in [4.78, 5) is 4.19. The molecule has 3 rings (SSSR count). The number of hydrogen-bond donors (Lipinski definition) is 1. The number of pyridine rings is 1. The highest BCUT2D eigenvalue weighted by Gasteiger charge is 2.06. The molecule has 0 radical (unpaired) electrons. The quantitative estimate of drug-likeness (QED) is 0.746. The van der Waals surface area contributed by atoms with Gasteiger partial charge in [-0.05, 0) is 23.8 Å². The Hall–Kier alpha value is -2.82. The summed E-state index contributed by atoms with van der Waals surface area (Å²) in [5, 5.41) is 4.39. The lowest BCUT2D eigenvalue weighted by atomic mass is 10.1. The fourth-order valence-corrected chi connectivity index (χ4v) is 2.18. The van der Waals surface area contributed by atoms with E-state index in [0.29, 0.717) is 12.4 Å². The van der Waals surface area contributed by atoms with Crippen molar-refractivity contribution in [2.45, 2.75) is 6.54 Å². The first-order valence-electron chi connectivity index (χ1n) is 6.62. The number of nitrogen functional groups attached to an aromatic ring is 1. The number of ether oxygens (including phenoxy) is 1. The monoisotopic (exact) mass is 280 g/mol. The zero-order chi connectivity index (χ0) is 14.7. The Labute approximate surface area is 123 Å². The molecular weight excluding hydrogens is 264 g/mol. The number of methoxy groups -OCH3 is 1. The Morgan fingerprint density at radius 2 is 1.95 bits per heavy atom. The van der Waals surface area contributed by atoms with Crippen LogP contribution in [-0.4, -0.2) is 21.9 Å². The Balaban J connectivity index is 1.83. The van der Waals surface area contributed by atoms with Gasteiger partial charge in [0.2, 0.25) is 5.88 Å². The second-order valence-corrected chi connectivity index (χ2v) is 4.72. The van der Waals surface area contributed by atoms with E-state index in [9.17, 15) is 0 Å². The molecule has 5 nitrogen and oxygen atoms in total. The lowest BCUT2D eigenvalue weighted by Crippen LogP contribution is -2.03. The van der Waals surface area contributed by atoms with Crippen LogP contribution >= 0.6 is 0 Å². The average molecular weight is 280 g/mol. The number of nitrogens with two attached hydrogens (primary N) is 1. The van der Waals surface area contributed by atoms with E-state index in [1.54, 1.807) is 13.3 Å². The van der Waals surface area contributed by atoms with Crippen molar-refractivity contribution in [3.8, 4) is 17.0 Å². The van der Waals surface area contributed by atoms with Crippen molar-refractivity contribution in [3.05, 3.63) is 60.6 Å². The maximum absolute atomic E-state index is 5.70. The fourth-order valence-electron chi connectivity index (χ4n) is 2.18. The molecule has 0 saturated carbocycles. The Kier molecular flexibility index (Phi) is 3.55. The fraction of sp³-hybridized carbons (Fsp3) is 0.125. The van der Waals surface area contributed by atoms with E-state index >= 15 is 0 Å². The summed E-state index contributed by atoms with van der Waals surface area (Å²) in [7, 11) is 1.62. The molecule has 0 saturated heterocycles. The molecule has 5 heteroatoms. The zero-order valence-corrected chi connectivity index (χ0v) is 11.7. The van der Waals surface area contributed by atoms with Gasteiger partial charge in [0.05, 0.1) is 19.9 Å². The molecule has 1 aromatic carbocycles. The Morgan fingerprint density at radius 3 is 2.71 bits per heavy atom. The summed E-state index contributed by atoms with van der Waals surface area (Å²) in [6, 6.07) is 11.6. The van der Waals surface area contributed by atoms with Crippen LogP contribution in [0.4, 0.5) is 5.69 Å². The third kappa shape index (κ3) is 2.86. The Bertz CT molecular complexity index is 734. The molecular formula is C16H16N4O. The van der Waals surface area contributed by atoms with Gasteiger partial charge in [-0.15, -0.1) is 0 Å². The minimum absolute atomic E-state index is 0.617. The summed E-state index contributed by atoms with van der Waals surface area (Å²) in [6.45, 7) is 0.617. The third-order valence-corrected chi connectivity index (χ3v) is 3.25. The topological polar surface area (TPSA) is 66.0 Å². The molecule has 2 heterocycles. The van der Waals surface area contributed by atoms with Crippen molar-refractivity contribution in [2.24, 2.45) is 0 Å². The van der Waals surface area contributed by atoms with Gasteiger partial charge in [-0.25, -0.2) is 4.98 Å². The number of hydrogen-bond acceptors (Lipinski definition) is 4. The number of benzene rings is 1. The van der Waals surface area contributed by atoms with Crippen molar-refractivity contribution in [1.29, 1.82) is 0 Å². The predicted octanol–water partition coefficient (Wildman–Crippen LogP) is 2.58. The van der Waals surface area contributed by atoms with Crippen LogP contribution in [0.1, 0.15) is 5.56 Å². The summed E-state index contributed by atoms with van der Waals surface area (Å²) < 4.78 is 7.12. The van der Waals surface area contributed by atoms with Crippen molar-refractivity contribution in [1.82, 2.24) is 14.8 Å². The van der Waals surface area contributed by atoms with Gasteiger partial charge in [0.1, 0.15) is 0 Å². The highest BCUT2D eigenvalue weighted by Crippen LogP contribution is 2.21. The van der Waals surface area contributed by atoms with Crippen molar-refractivity contribution in [2.75, 3.05) is 12.8 Å². The molecule has 0 unspecified atom stereocenters. The van der Waals surface area contributed by atoms with Crippen LogP contribution in [0.15, 0.2) is 55.0 Å². The molecule has 0 spiro atoms. The van der Waals surface area contributed by atoms with E-state index < -0.39 is 0 Å². The van der Waals surface area contributed by atoms with Crippen LogP contribution in [0, 0.1) is 0 Å². The predicted molar refractivity (Wildman–Crippen MR) is 82.0 cm³/mol. The van der Waals surface area contributed by atoms with E-state index in [2.05, 4.69) is 10.1 Å². The number of aromatic nitrogens is 3. The van der Waals surface area contributed by atoms with Crippen LogP contribution in [0.2, 0.25) is 0 Å². The summed E-state index contributed by atoms with van der Waals surface area (Å²) >= 11 is 0. The summed E-state index contributed by atoms with van der Waals surface area (Å²) in [5.41, 5.74) is 9.60. The van der Waals surface area contributed by atoms with Gasteiger partial charge in [0.15, 0.2) is 0 Å². The van der Waals surface area contributed by atoms with E-state index in [1.807, 2.05) is 53.5 Å². The molecule has 106 valence electrons. The van der Waals surface area contributed by atoms with Crippen LogP contribution in [0.3, 0.4) is 0 Å². The molecule has 2 aromatic heterocycles. The maximum atomic E-state index is 5.70. The van der Waals surface area contributed by atoms with Gasteiger partial charge in [-0.3, -0.25) is 4.68 Å². The highest BCUT2D eigenvalue weighted by molar-refractivity contribution is 5.64. The molecule has 21 heavy (non-hydrogen) atoms. The molecule has 0 amide bonds. The first-order valence-corrected chi connectivity index (χ1v) is 6.62. The second kappa shape index (κ2) is 5.66. The van der Waals surface area contributed by atoms with Gasteiger partial charge in [0, 0.05) is 29.2 Å². The Morgan fingerprint density at radius 1 is 1.14 bits per heavy atom. The van der Waals surface area contributed by atoms with Gasteiger partial charge in [-0.2, -0.15) is 5.10 Å². The van der Waals surface area contributed by atoms with Crippen molar-refractivity contribution < 1.29 is 4.74 Å². The molecule has 2 N–H and O–H groups in total. The standard InChI is InChI=1S/C16H16N4O/c1-21-16-13(3-2-8-18-16)10-20-11-14(9-19-20)12-4-6-15(17)7-5-12/h2-9,11H,10,17H2,1H3. The number of nitrogens with zero attached hydrogens (tertiary/aromatic N) is 3. The number of anilines is 1. The molecule has 0 aliphatic carbocycles. The second-order valence-electron chi connectivity index (χ2n) is 4.72. The van der Waals surface area contributed by atoms with Crippen LogP contribution in [0.25, 0.3) is 11.1 Å². The summed E-state index contributed by atoms with van der Waals surface area (Å²) in [5.74, 6) is 0.627. The molecule has 0 aliphatic rings. The first kappa shape index (κ1) is 13.2. The highest BCUT2D eigenvalue weighted by atomic mass is 16.5. The van der Waals surface area contributed by atoms with Gasteiger partial charge < -0.3 is 10.5 Å². The minimum atomic E-state index is 0.617. The molecule has 0 atom stereocenters. The van der Waals surface area contributed by atoms with Gasteiger partial charge in [-0.1, -0.05) is 18.2 Å². The third-order valence-electron chi connectivity index (χ3n) is 3.25. The minimum Gasteiger partial charge on any atom is -0.481 e. The zero-order valence-electron chi connectivity index (χ0n) is 11.7. The van der Waals surface area contributed by atoms with E-state index in [4.69, 9.17) is 10.5 Å². The largest absolute Gasteiger partial charge is 0.481 e. The van der Waals surface area contributed by atoms with Gasteiger partial charge in [0.25, 0.3) is 0 Å². The molecule has 0 fully saturated rings. The molecule has 0 bridgehead atoms. The van der Waals surface area contributed by atoms with Crippen molar-refractivity contribution >= 4 is 5.69 Å². The SMILES string of the molecule is COc1ncccc1Cn1cc(-c2ccc(N)cc2)cn1. The normalized spacial score (nSPS) is 10.5. The van der Waals surface area contributed by atoms with E-state index in [1.165, 1.54) is 0 Å². The maximum Gasteiger partial charge on any atom is 0.218 e. The lowest BCUT2D eigenvalue weighted by Gasteiger charge is -2.06. The number of rotatable bonds is 4. The van der Waals surface area contributed by atoms with Crippen LogP contribution < -0.4 is 10.5 Å². The first-order chi connectivity index (χ1) is 10.3. The van der Waals surface area contributed by atoms with E-state index in [-0.39, 0.29) is 0 Å². The average Bonchev–Trinajstić information content (AvgIpc) is 2.97. The van der Waals surface area contributed by atoms with Crippen LogP contribution in [0.5, 0.6) is 5.88 Å². The molecule has 0 aliphatic heterocycles. The van der Waals surface area contributed by atoms with Gasteiger partial charge >= 0.3 is 0 Å². The smallest absolute Gasteiger partial charge is 0.218 e.